The molecule has 0 saturated heterocycles. The van der Waals surface area contributed by atoms with Crippen LogP contribution in [0.3, 0.4) is 0 Å². The summed E-state index contributed by atoms with van der Waals surface area (Å²) >= 11 is 0. The second-order valence-electron chi connectivity index (χ2n) is 15.6. The molecule has 1 atom stereocenters. The van der Waals surface area contributed by atoms with Crippen molar-refractivity contribution in [2.24, 2.45) is 0 Å². The number of hydrogen-bond donors (Lipinski definition) is 0. The summed E-state index contributed by atoms with van der Waals surface area (Å²) in [5.41, 5.74) is 0. The summed E-state index contributed by atoms with van der Waals surface area (Å²) in [7, 11) is 0. The van der Waals surface area contributed by atoms with E-state index in [0.717, 1.165) is 122 Å². The van der Waals surface area contributed by atoms with Gasteiger partial charge >= 0.3 is 17.9 Å². The van der Waals surface area contributed by atoms with Gasteiger partial charge in [-0.15, -0.1) is 0 Å². The number of rotatable bonds is 42. The second-order valence-corrected chi connectivity index (χ2v) is 15.6. The smallest absolute Gasteiger partial charge is 0.306 e. The van der Waals surface area contributed by atoms with Gasteiger partial charge in [-0.25, -0.2) is 0 Å². The molecule has 0 aliphatic rings. The van der Waals surface area contributed by atoms with Crippen molar-refractivity contribution in [3.8, 4) is 0 Å². The average Bonchev–Trinajstić information content (AvgIpc) is 3.24. The minimum atomic E-state index is -0.806. The van der Waals surface area contributed by atoms with Crippen molar-refractivity contribution in [1.82, 2.24) is 0 Å². The molecule has 0 N–H and O–H groups in total. The molecule has 0 bridgehead atoms. The normalized spacial score (nSPS) is 12.9. The van der Waals surface area contributed by atoms with E-state index in [1.807, 2.05) is 0 Å². The highest BCUT2D eigenvalue weighted by Crippen LogP contribution is 2.13. The van der Waals surface area contributed by atoms with E-state index in [4.69, 9.17) is 14.2 Å². The third kappa shape index (κ3) is 45.4. The van der Waals surface area contributed by atoms with Crippen LogP contribution < -0.4 is 0 Å². The fraction of sp³-hybridized carbons (Fsp3) is 0.648. The largest absolute Gasteiger partial charge is 0.462 e. The quantitative estimate of drug-likeness (QED) is 0.0264. The van der Waals surface area contributed by atoms with Crippen LogP contribution in [0.5, 0.6) is 0 Å². The van der Waals surface area contributed by atoms with Crippen LogP contribution in [0, 0.1) is 0 Å². The maximum absolute atomic E-state index is 12.7. The van der Waals surface area contributed by atoms with E-state index in [9.17, 15) is 14.4 Å². The Morgan fingerprint density at radius 1 is 0.350 bits per heavy atom. The van der Waals surface area contributed by atoms with E-state index in [1.165, 1.54) is 38.5 Å². The van der Waals surface area contributed by atoms with Crippen LogP contribution in [-0.2, 0) is 28.6 Å². The number of ether oxygens (including phenoxy) is 3. The minimum absolute atomic E-state index is 0.103. The Bertz CT molecular complexity index is 1230. The van der Waals surface area contributed by atoms with E-state index in [1.54, 1.807) is 0 Å². The molecule has 340 valence electrons. The van der Waals surface area contributed by atoms with Gasteiger partial charge in [0.2, 0.25) is 0 Å². The number of carbonyl (C=O) groups excluding carboxylic acids is 3. The van der Waals surface area contributed by atoms with E-state index in [0.29, 0.717) is 19.3 Å². The fourth-order valence-electron chi connectivity index (χ4n) is 6.21. The molecular weight excluding hydrogens is 745 g/mol. The van der Waals surface area contributed by atoms with Crippen molar-refractivity contribution in [1.29, 1.82) is 0 Å². The average molecular weight is 833 g/mol. The molecular formula is C54H88O6. The molecule has 0 aliphatic carbocycles. The molecule has 0 aliphatic heterocycles. The van der Waals surface area contributed by atoms with Crippen molar-refractivity contribution >= 4 is 17.9 Å². The Hall–Kier alpha value is -3.67. The zero-order valence-corrected chi connectivity index (χ0v) is 38.7. The van der Waals surface area contributed by atoms with E-state index in [-0.39, 0.29) is 37.5 Å². The van der Waals surface area contributed by atoms with Crippen molar-refractivity contribution < 1.29 is 28.6 Å². The lowest BCUT2D eigenvalue weighted by molar-refractivity contribution is -0.167. The molecule has 0 radical (unpaired) electrons. The van der Waals surface area contributed by atoms with Crippen LogP contribution in [-0.4, -0.2) is 37.2 Å². The molecule has 6 heteroatoms. The predicted octanol–water partition coefficient (Wildman–Crippen LogP) is 15.8. The molecule has 0 heterocycles. The number of allylic oxidation sites excluding steroid dienone is 16. The monoisotopic (exact) mass is 833 g/mol. The highest BCUT2D eigenvalue weighted by atomic mass is 16.6. The molecule has 0 spiro atoms. The summed E-state index contributed by atoms with van der Waals surface area (Å²) in [6.07, 6.45) is 62.5. The molecule has 1 unspecified atom stereocenters. The number of hydrogen-bond acceptors (Lipinski definition) is 6. The zero-order chi connectivity index (χ0) is 43.7. The van der Waals surface area contributed by atoms with Crippen molar-refractivity contribution in [3.05, 3.63) is 97.2 Å². The lowest BCUT2D eigenvalue weighted by Crippen LogP contribution is -2.30. The van der Waals surface area contributed by atoms with Gasteiger partial charge in [-0.3, -0.25) is 14.4 Å². The summed E-state index contributed by atoms with van der Waals surface area (Å²) in [5, 5.41) is 0. The fourth-order valence-corrected chi connectivity index (χ4v) is 6.21. The Kier molecular flexibility index (Phi) is 45.1. The Balaban J connectivity index is 4.46. The molecule has 0 saturated carbocycles. The van der Waals surface area contributed by atoms with Gasteiger partial charge < -0.3 is 14.2 Å². The molecule has 60 heavy (non-hydrogen) atoms. The van der Waals surface area contributed by atoms with Gasteiger partial charge in [-0.1, -0.05) is 176 Å². The molecule has 0 amide bonds. The summed E-state index contributed by atoms with van der Waals surface area (Å²) in [6.45, 7) is 6.28. The van der Waals surface area contributed by atoms with E-state index >= 15 is 0 Å². The number of carbonyl (C=O) groups is 3. The van der Waals surface area contributed by atoms with Gasteiger partial charge in [0.15, 0.2) is 6.10 Å². The summed E-state index contributed by atoms with van der Waals surface area (Å²) < 4.78 is 16.7. The summed E-state index contributed by atoms with van der Waals surface area (Å²) in [4.78, 5) is 37.8. The first-order valence-electron chi connectivity index (χ1n) is 24.2. The van der Waals surface area contributed by atoms with Crippen LogP contribution in [0.25, 0.3) is 0 Å². The molecule has 0 rings (SSSR count). The van der Waals surface area contributed by atoms with Crippen LogP contribution >= 0.6 is 0 Å². The maximum atomic E-state index is 12.7. The van der Waals surface area contributed by atoms with Crippen molar-refractivity contribution in [2.75, 3.05) is 13.2 Å². The highest BCUT2D eigenvalue weighted by molar-refractivity contribution is 5.71. The van der Waals surface area contributed by atoms with Gasteiger partial charge in [0.25, 0.3) is 0 Å². The lowest BCUT2D eigenvalue weighted by atomic mass is 10.1. The Morgan fingerprint density at radius 3 is 1.07 bits per heavy atom. The molecule has 0 aromatic heterocycles. The first-order chi connectivity index (χ1) is 29.5. The molecule has 0 fully saturated rings. The van der Waals surface area contributed by atoms with Gasteiger partial charge in [0.05, 0.1) is 0 Å². The molecule has 0 aromatic rings. The number of unbranched alkanes of at least 4 members (excludes halogenated alkanes) is 15. The Morgan fingerprint density at radius 2 is 0.650 bits per heavy atom. The third-order valence-corrected chi connectivity index (χ3v) is 9.78. The SMILES string of the molecule is CC/C=C\C/C=C\C/C=C\C/C=C\CCCCC(=O)OC(COC(=O)CCCCCCC/C=C\CCC)COC(=O)CCCCCCCCC/C=C\C/C=C\C/C=C\CC. The topological polar surface area (TPSA) is 78.9 Å². The first-order valence-corrected chi connectivity index (χ1v) is 24.2. The molecule has 6 nitrogen and oxygen atoms in total. The van der Waals surface area contributed by atoms with Gasteiger partial charge in [-0.05, 0) is 109 Å². The van der Waals surface area contributed by atoms with Crippen LogP contribution in [0.1, 0.15) is 207 Å². The predicted molar refractivity (Wildman–Crippen MR) is 256 cm³/mol. The second kappa shape index (κ2) is 48.0. The molecule has 0 aromatic carbocycles. The van der Waals surface area contributed by atoms with E-state index in [2.05, 4.69) is 118 Å². The third-order valence-electron chi connectivity index (χ3n) is 9.78. The van der Waals surface area contributed by atoms with Crippen molar-refractivity contribution in [3.63, 3.8) is 0 Å². The summed E-state index contributed by atoms with van der Waals surface area (Å²) in [5.74, 6) is -0.973. The Labute approximate surface area is 368 Å². The standard InChI is InChI=1S/C54H88O6/c1-4-7-10-13-16-19-22-24-26-27-29-30-32-35-38-41-44-47-53(56)59-50-51(49-58-52(55)46-43-40-37-34-21-18-15-12-9-6-3)60-54(57)48-45-42-39-36-33-31-28-25-23-20-17-14-11-8-5-2/h7-8,10-12,15-17,19-20,24-26,28,33,36,51H,4-6,9,13-14,18,21-23,27,29-32,34-35,37-50H2,1-3H3/b10-7-,11-8-,15-12-,19-16-,20-17-,26-24-,28-25-,36-33-. The zero-order valence-electron chi connectivity index (χ0n) is 38.7. The van der Waals surface area contributed by atoms with Gasteiger partial charge in [0, 0.05) is 19.3 Å². The maximum Gasteiger partial charge on any atom is 0.306 e. The van der Waals surface area contributed by atoms with Gasteiger partial charge in [0.1, 0.15) is 13.2 Å². The van der Waals surface area contributed by atoms with Crippen LogP contribution in [0.2, 0.25) is 0 Å². The van der Waals surface area contributed by atoms with Crippen molar-refractivity contribution in [2.45, 2.75) is 213 Å². The minimum Gasteiger partial charge on any atom is -0.462 e. The first kappa shape index (κ1) is 56.3. The highest BCUT2D eigenvalue weighted by Gasteiger charge is 2.19. The summed E-state index contributed by atoms with van der Waals surface area (Å²) in [6, 6.07) is 0. The van der Waals surface area contributed by atoms with E-state index < -0.39 is 6.10 Å². The van der Waals surface area contributed by atoms with Gasteiger partial charge in [-0.2, -0.15) is 0 Å². The lowest BCUT2D eigenvalue weighted by Gasteiger charge is -2.18. The van der Waals surface area contributed by atoms with Crippen LogP contribution in [0.4, 0.5) is 0 Å². The number of esters is 3. The van der Waals surface area contributed by atoms with Crippen LogP contribution in [0.15, 0.2) is 97.2 Å².